The van der Waals surface area contributed by atoms with Gasteiger partial charge in [0.05, 0.1) is 5.56 Å². The minimum Gasteiger partial charge on any atom is -0.478 e. The van der Waals surface area contributed by atoms with Crippen LogP contribution in [0.25, 0.3) is 6.08 Å². The third kappa shape index (κ3) is 4.04. The van der Waals surface area contributed by atoms with E-state index in [0.717, 1.165) is 5.56 Å². The number of benzene rings is 2. The molecule has 0 aromatic heterocycles. The first kappa shape index (κ1) is 14.5. The lowest BCUT2D eigenvalue weighted by Crippen LogP contribution is -2.13. The third-order valence-corrected chi connectivity index (χ3v) is 2.91. The van der Waals surface area contributed by atoms with E-state index in [4.69, 9.17) is 5.11 Å². The topological polar surface area (TPSA) is 66.4 Å². The van der Waals surface area contributed by atoms with Crippen LogP contribution in [0.1, 0.15) is 22.8 Å². The fourth-order valence-corrected chi connectivity index (χ4v) is 1.82. The molecular formula is C17H15NO3. The van der Waals surface area contributed by atoms with Gasteiger partial charge in [-0.25, -0.2) is 4.79 Å². The van der Waals surface area contributed by atoms with Gasteiger partial charge in [0, 0.05) is 11.3 Å². The van der Waals surface area contributed by atoms with E-state index in [1.165, 1.54) is 12.1 Å². The van der Waals surface area contributed by atoms with Crippen molar-refractivity contribution < 1.29 is 14.7 Å². The van der Waals surface area contributed by atoms with Crippen LogP contribution >= 0.6 is 0 Å². The summed E-state index contributed by atoms with van der Waals surface area (Å²) in [4.78, 5) is 23.0. The highest BCUT2D eigenvalue weighted by Crippen LogP contribution is 2.13. The standard InChI is InChI=1S/C17H15NO3/c1-12(10-13-6-3-2-4-7-13)16(19)18-15-9-5-8-14(11-15)17(20)21/h2-11H,1H3,(H,18,19)(H,20,21)/b12-10+. The van der Waals surface area contributed by atoms with Crippen molar-refractivity contribution in [1.29, 1.82) is 0 Å². The molecule has 0 atom stereocenters. The molecule has 0 aliphatic heterocycles. The molecule has 0 aliphatic carbocycles. The predicted octanol–water partition coefficient (Wildman–Crippen LogP) is 3.43. The van der Waals surface area contributed by atoms with Crippen molar-refractivity contribution >= 4 is 23.6 Å². The molecule has 0 spiro atoms. The molecule has 0 radical (unpaired) electrons. The van der Waals surface area contributed by atoms with Gasteiger partial charge in [-0.1, -0.05) is 36.4 Å². The lowest BCUT2D eigenvalue weighted by molar-refractivity contribution is -0.112. The number of carbonyl (C=O) groups is 2. The Hall–Kier alpha value is -2.88. The zero-order chi connectivity index (χ0) is 15.2. The van der Waals surface area contributed by atoms with Crippen molar-refractivity contribution in [3.63, 3.8) is 0 Å². The monoisotopic (exact) mass is 281 g/mol. The molecule has 0 bridgehead atoms. The predicted molar refractivity (Wildman–Crippen MR) is 82.1 cm³/mol. The second-order valence-electron chi connectivity index (χ2n) is 4.58. The summed E-state index contributed by atoms with van der Waals surface area (Å²) in [5.41, 5.74) is 2.07. The molecular weight excluding hydrogens is 266 g/mol. The van der Waals surface area contributed by atoms with Gasteiger partial charge in [-0.05, 0) is 36.8 Å². The van der Waals surface area contributed by atoms with Crippen molar-refractivity contribution in [2.24, 2.45) is 0 Å². The quantitative estimate of drug-likeness (QED) is 0.844. The van der Waals surface area contributed by atoms with Crippen LogP contribution < -0.4 is 5.32 Å². The van der Waals surface area contributed by atoms with Gasteiger partial charge in [0.15, 0.2) is 0 Å². The van der Waals surface area contributed by atoms with Crippen LogP contribution in [0.2, 0.25) is 0 Å². The summed E-state index contributed by atoms with van der Waals surface area (Å²) in [5, 5.41) is 11.6. The van der Waals surface area contributed by atoms with Crippen molar-refractivity contribution in [2.45, 2.75) is 6.92 Å². The van der Waals surface area contributed by atoms with Crippen molar-refractivity contribution in [2.75, 3.05) is 5.32 Å². The normalized spacial score (nSPS) is 11.0. The Morgan fingerprint density at radius 3 is 2.43 bits per heavy atom. The van der Waals surface area contributed by atoms with E-state index in [1.807, 2.05) is 30.3 Å². The Bertz CT molecular complexity index is 690. The van der Waals surface area contributed by atoms with Crippen LogP contribution in [-0.2, 0) is 4.79 Å². The Morgan fingerprint density at radius 1 is 1.05 bits per heavy atom. The van der Waals surface area contributed by atoms with Gasteiger partial charge in [-0.3, -0.25) is 4.79 Å². The van der Waals surface area contributed by atoms with E-state index >= 15 is 0 Å². The van der Waals surface area contributed by atoms with Crippen molar-refractivity contribution in [3.8, 4) is 0 Å². The number of hydrogen-bond acceptors (Lipinski definition) is 2. The fourth-order valence-electron chi connectivity index (χ4n) is 1.82. The number of hydrogen-bond donors (Lipinski definition) is 2. The molecule has 4 nitrogen and oxygen atoms in total. The number of anilines is 1. The minimum absolute atomic E-state index is 0.137. The molecule has 2 aromatic carbocycles. The van der Waals surface area contributed by atoms with Gasteiger partial charge in [-0.15, -0.1) is 0 Å². The van der Waals surface area contributed by atoms with Gasteiger partial charge in [0.25, 0.3) is 5.91 Å². The maximum Gasteiger partial charge on any atom is 0.335 e. The second-order valence-corrected chi connectivity index (χ2v) is 4.58. The SMILES string of the molecule is C/C(=C\c1ccccc1)C(=O)Nc1cccc(C(=O)O)c1. The van der Waals surface area contributed by atoms with Crippen LogP contribution in [0.15, 0.2) is 60.2 Å². The van der Waals surface area contributed by atoms with Crippen LogP contribution in [0.3, 0.4) is 0 Å². The van der Waals surface area contributed by atoms with Gasteiger partial charge in [0.1, 0.15) is 0 Å². The number of carboxylic acid groups (broad SMARTS) is 1. The highest BCUT2D eigenvalue weighted by molar-refractivity contribution is 6.06. The molecule has 2 N–H and O–H groups in total. The Balaban J connectivity index is 2.12. The molecule has 0 fully saturated rings. The molecule has 0 aliphatic rings. The second kappa shape index (κ2) is 6.52. The molecule has 0 unspecified atom stereocenters. The number of carbonyl (C=O) groups excluding carboxylic acids is 1. The fraction of sp³-hybridized carbons (Fsp3) is 0.0588. The summed E-state index contributed by atoms with van der Waals surface area (Å²) in [6.45, 7) is 1.71. The van der Waals surface area contributed by atoms with E-state index in [1.54, 1.807) is 25.1 Å². The van der Waals surface area contributed by atoms with Crippen LogP contribution in [0, 0.1) is 0 Å². The number of rotatable bonds is 4. The van der Waals surface area contributed by atoms with Crippen LogP contribution in [0.4, 0.5) is 5.69 Å². The first-order valence-corrected chi connectivity index (χ1v) is 6.44. The average Bonchev–Trinajstić information content (AvgIpc) is 2.48. The first-order valence-electron chi connectivity index (χ1n) is 6.44. The summed E-state index contributed by atoms with van der Waals surface area (Å²) in [6, 6.07) is 15.7. The zero-order valence-electron chi connectivity index (χ0n) is 11.5. The lowest BCUT2D eigenvalue weighted by Gasteiger charge is -2.06. The van der Waals surface area contributed by atoms with Gasteiger partial charge in [0.2, 0.25) is 0 Å². The lowest BCUT2D eigenvalue weighted by atomic mass is 10.1. The van der Waals surface area contributed by atoms with E-state index in [9.17, 15) is 9.59 Å². The van der Waals surface area contributed by atoms with E-state index in [2.05, 4.69) is 5.32 Å². The Kier molecular flexibility index (Phi) is 4.51. The summed E-state index contributed by atoms with van der Waals surface area (Å²) >= 11 is 0. The molecule has 0 saturated heterocycles. The Morgan fingerprint density at radius 2 is 1.76 bits per heavy atom. The van der Waals surface area contributed by atoms with Crippen molar-refractivity contribution in [3.05, 3.63) is 71.3 Å². The molecule has 1 amide bonds. The van der Waals surface area contributed by atoms with E-state index in [0.29, 0.717) is 11.3 Å². The highest BCUT2D eigenvalue weighted by Gasteiger charge is 2.07. The molecule has 2 rings (SSSR count). The molecule has 0 heterocycles. The van der Waals surface area contributed by atoms with Gasteiger partial charge >= 0.3 is 5.97 Å². The van der Waals surface area contributed by atoms with E-state index < -0.39 is 5.97 Å². The third-order valence-electron chi connectivity index (χ3n) is 2.91. The molecule has 2 aromatic rings. The van der Waals surface area contributed by atoms with Crippen LogP contribution in [-0.4, -0.2) is 17.0 Å². The summed E-state index contributed by atoms with van der Waals surface area (Å²) in [5.74, 6) is -1.29. The maximum absolute atomic E-state index is 12.1. The van der Waals surface area contributed by atoms with Crippen LogP contribution in [0.5, 0.6) is 0 Å². The largest absolute Gasteiger partial charge is 0.478 e. The Labute approximate surface area is 122 Å². The van der Waals surface area contributed by atoms with Crippen molar-refractivity contribution in [1.82, 2.24) is 0 Å². The minimum atomic E-state index is -1.03. The van der Waals surface area contributed by atoms with Gasteiger partial charge in [-0.2, -0.15) is 0 Å². The van der Waals surface area contributed by atoms with Gasteiger partial charge < -0.3 is 10.4 Å². The molecule has 4 heteroatoms. The summed E-state index contributed by atoms with van der Waals surface area (Å²) < 4.78 is 0. The van der Waals surface area contributed by atoms with E-state index in [-0.39, 0.29) is 11.5 Å². The number of carboxylic acids is 1. The molecule has 0 saturated carbocycles. The average molecular weight is 281 g/mol. The first-order chi connectivity index (χ1) is 10.1. The number of amides is 1. The number of aromatic carboxylic acids is 1. The number of nitrogens with one attached hydrogen (secondary N) is 1. The molecule has 21 heavy (non-hydrogen) atoms. The summed E-state index contributed by atoms with van der Waals surface area (Å²) in [6.07, 6.45) is 1.77. The zero-order valence-corrected chi connectivity index (χ0v) is 11.5. The highest BCUT2D eigenvalue weighted by atomic mass is 16.4. The smallest absolute Gasteiger partial charge is 0.335 e. The summed E-state index contributed by atoms with van der Waals surface area (Å²) in [7, 11) is 0. The molecule has 106 valence electrons. The maximum atomic E-state index is 12.1.